The molecule has 106 valence electrons. The average Bonchev–Trinajstić information content (AvgIpc) is 2.92. The van der Waals surface area contributed by atoms with E-state index >= 15 is 0 Å². The second kappa shape index (κ2) is 4.88. The Morgan fingerprint density at radius 1 is 1.45 bits per heavy atom. The average molecular weight is 275 g/mol. The van der Waals surface area contributed by atoms with Crippen LogP contribution in [0.1, 0.15) is 18.4 Å². The number of amides is 2. The van der Waals surface area contributed by atoms with E-state index in [4.69, 9.17) is 10.6 Å². The third kappa shape index (κ3) is 2.17. The van der Waals surface area contributed by atoms with Crippen LogP contribution >= 0.6 is 0 Å². The Morgan fingerprint density at radius 3 is 2.80 bits per heavy atom. The molecule has 0 radical (unpaired) electrons. The smallest absolute Gasteiger partial charge is 0.268 e. The van der Waals surface area contributed by atoms with Gasteiger partial charge in [0.1, 0.15) is 12.1 Å². The third-order valence-corrected chi connectivity index (χ3v) is 3.93. The first-order valence-corrected chi connectivity index (χ1v) is 6.66. The van der Waals surface area contributed by atoms with E-state index in [-0.39, 0.29) is 5.91 Å². The number of nitrogens with zero attached hydrogens (tertiary/aromatic N) is 1. The number of hydrogen-bond donors (Lipinski definition) is 2. The highest BCUT2D eigenvalue weighted by molar-refractivity contribution is 5.94. The molecule has 2 atom stereocenters. The van der Waals surface area contributed by atoms with E-state index < -0.39 is 17.5 Å². The number of primary amides is 1. The first-order valence-electron chi connectivity index (χ1n) is 6.66. The second-order valence-electron chi connectivity index (χ2n) is 5.32. The van der Waals surface area contributed by atoms with Crippen molar-refractivity contribution in [2.24, 2.45) is 5.73 Å². The quantitative estimate of drug-likeness (QED) is 0.754. The van der Waals surface area contributed by atoms with Gasteiger partial charge in [-0.1, -0.05) is 30.3 Å². The lowest BCUT2D eigenvalue weighted by atomic mass is 9.89. The van der Waals surface area contributed by atoms with Crippen molar-refractivity contribution in [1.29, 1.82) is 0 Å². The molecule has 0 saturated carbocycles. The zero-order valence-electron chi connectivity index (χ0n) is 11.0. The molecular formula is C14H17N3O3. The fraction of sp³-hybridized carbons (Fsp3) is 0.429. The van der Waals surface area contributed by atoms with Crippen molar-refractivity contribution in [2.45, 2.75) is 31.0 Å². The van der Waals surface area contributed by atoms with Crippen molar-refractivity contribution < 1.29 is 14.4 Å². The van der Waals surface area contributed by atoms with Gasteiger partial charge in [-0.05, 0) is 18.4 Å². The molecule has 0 aromatic heterocycles. The molecule has 3 N–H and O–H groups in total. The summed E-state index contributed by atoms with van der Waals surface area (Å²) in [6.07, 6.45) is 1.23. The minimum Gasteiger partial charge on any atom is -0.368 e. The highest BCUT2D eigenvalue weighted by Crippen LogP contribution is 2.34. The van der Waals surface area contributed by atoms with Crippen molar-refractivity contribution in [3.05, 3.63) is 35.9 Å². The maximum Gasteiger partial charge on any atom is 0.268 e. The summed E-state index contributed by atoms with van der Waals surface area (Å²) in [5, 5.41) is 4.39. The Hall–Kier alpha value is -1.92. The van der Waals surface area contributed by atoms with Gasteiger partial charge in [0.25, 0.3) is 5.91 Å². The number of nitrogens with one attached hydrogen (secondary N) is 1. The summed E-state index contributed by atoms with van der Waals surface area (Å²) in [5.41, 5.74) is 5.62. The van der Waals surface area contributed by atoms with Gasteiger partial charge in [0.05, 0.1) is 12.6 Å². The van der Waals surface area contributed by atoms with Crippen LogP contribution < -0.4 is 11.1 Å². The fourth-order valence-electron chi connectivity index (χ4n) is 2.74. The third-order valence-electron chi connectivity index (χ3n) is 3.93. The van der Waals surface area contributed by atoms with Gasteiger partial charge in [0.2, 0.25) is 5.91 Å². The highest BCUT2D eigenvalue weighted by Gasteiger charge is 2.57. The summed E-state index contributed by atoms with van der Waals surface area (Å²) in [4.78, 5) is 28.8. The van der Waals surface area contributed by atoms with E-state index in [0.29, 0.717) is 26.0 Å². The number of hydrogen-bond acceptors (Lipinski definition) is 4. The molecule has 1 aromatic carbocycles. The van der Waals surface area contributed by atoms with E-state index in [2.05, 4.69) is 5.32 Å². The predicted octanol–water partition coefficient (Wildman–Crippen LogP) is -0.0635. The predicted molar refractivity (Wildman–Crippen MR) is 71.0 cm³/mol. The first-order chi connectivity index (χ1) is 9.61. The zero-order chi connectivity index (χ0) is 14.2. The Kier molecular flexibility index (Phi) is 3.19. The van der Waals surface area contributed by atoms with Crippen molar-refractivity contribution in [3.8, 4) is 0 Å². The molecule has 2 fully saturated rings. The Labute approximate surface area is 116 Å². The van der Waals surface area contributed by atoms with Crippen molar-refractivity contribution in [3.63, 3.8) is 0 Å². The first kappa shape index (κ1) is 13.1. The van der Waals surface area contributed by atoms with Crippen LogP contribution in [-0.2, 0) is 21.0 Å². The van der Waals surface area contributed by atoms with Crippen LogP contribution in [0.4, 0.5) is 0 Å². The Morgan fingerprint density at radius 2 is 2.20 bits per heavy atom. The molecule has 2 amide bonds. The number of hydroxylamine groups is 2. The van der Waals surface area contributed by atoms with Crippen LogP contribution in [0.25, 0.3) is 0 Å². The Bertz CT molecular complexity index is 534. The van der Waals surface area contributed by atoms with Gasteiger partial charge in [-0.15, -0.1) is 0 Å². The summed E-state index contributed by atoms with van der Waals surface area (Å²) in [7, 11) is 0. The normalized spacial score (nSPS) is 28.7. The van der Waals surface area contributed by atoms with Crippen LogP contribution in [0.5, 0.6) is 0 Å². The number of rotatable bonds is 4. The monoisotopic (exact) mass is 275 g/mol. The van der Waals surface area contributed by atoms with Crippen molar-refractivity contribution in [1.82, 2.24) is 10.4 Å². The van der Waals surface area contributed by atoms with E-state index in [1.54, 1.807) is 0 Å². The van der Waals surface area contributed by atoms with Gasteiger partial charge in [0.15, 0.2) is 0 Å². The second-order valence-corrected chi connectivity index (χ2v) is 5.32. The molecule has 2 unspecified atom stereocenters. The van der Waals surface area contributed by atoms with Crippen LogP contribution in [0.15, 0.2) is 30.3 Å². The van der Waals surface area contributed by atoms with Crippen molar-refractivity contribution in [2.75, 3.05) is 6.54 Å². The molecule has 20 heavy (non-hydrogen) atoms. The molecule has 2 aliphatic heterocycles. The lowest BCUT2D eigenvalue weighted by molar-refractivity contribution is -0.231. The van der Waals surface area contributed by atoms with Gasteiger partial charge >= 0.3 is 0 Å². The van der Waals surface area contributed by atoms with E-state index in [1.807, 2.05) is 30.3 Å². The number of β-lactam (4-membered cyclic amide) rings is 1. The molecule has 1 spiro atoms. The molecular weight excluding hydrogens is 258 g/mol. The topological polar surface area (TPSA) is 84.7 Å². The summed E-state index contributed by atoms with van der Waals surface area (Å²) in [6.45, 7) is 0.824. The molecule has 0 bridgehead atoms. The molecule has 6 heteroatoms. The molecule has 2 aliphatic rings. The van der Waals surface area contributed by atoms with E-state index in [9.17, 15) is 9.59 Å². The number of carbonyl (C=O) groups excluding carboxylic acids is 2. The van der Waals surface area contributed by atoms with Gasteiger partial charge in [-0.3, -0.25) is 19.7 Å². The van der Waals surface area contributed by atoms with E-state index in [0.717, 1.165) is 5.56 Å². The van der Waals surface area contributed by atoms with Crippen LogP contribution in [0, 0.1) is 0 Å². The van der Waals surface area contributed by atoms with Crippen LogP contribution in [0.2, 0.25) is 0 Å². The molecule has 0 aliphatic carbocycles. The van der Waals surface area contributed by atoms with Gasteiger partial charge in [0, 0.05) is 0 Å². The molecule has 2 saturated heterocycles. The van der Waals surface area contributed by atoms with Crippen LogP contribution in [0.3, 0.4) is 0 Å². The minimum absolute atomic E-state index is 0.114. The number of benzene rings is 1. The lowest BCUT2D eigenvalue weighted by Gasteiger charge is -2.45. The molecule has 3 rings (SSSR count). The maximum atomic E-state index is 12.2. The highest BCUT2D eigenvalue weighted by atomic mass is 16.7. The summed E-state index contributed by atoms with van der Waals surface area (Å²) >= 11 is 0. The number of nitrogens with two attached hydrogens (primary N) is 1. The minimum atomic E-state index is -0.642. The molecule has 1 aromatic rings. The maximum absolute atomic E-state index is 12.2. The summed E-state index contributed by atoms with van der Waals surface area (Å²) in [5.74, 6) is -0.518. The summed E-state index contributed by atoms with van der Waals surface area (Å²) < 4.78 is 0. The molecule has 2 heterocycles. The SMILES string of the molecule is NC(=O)C1CCC2(CN(OCc3ccccc3)C2=O)N1. The standard InChI is InChI=1S/C14H17N3O3/c15-12(18)11-6-7-14(16-11)9-17(13(14)19)20-8-10-4-2-1-3-5-10/h1-5,11,16H,6-9H2,(H2,15,18). The zero-order valence-corrected chi connectivity index (χ0v) is 11.0. The molecule has 6 nitrogen and oxygen atoms in total. The van der Waals surface area contributed by atoms with Gasteiger partial charge < -0.3 is 5.73 Å². The largest absolute Gasteiger partial charge is 0.368 e. The number of carbonyl (C=O) groups is 2. The lowest BCUT2D eigenvalue weighted by Crippen LogP contribution is -2.72. The van der Waals surface area contributed by atoms with E-state index in [1.165, 1.54) is 5.06 Å². The van der Waals surface area contributed by atoms with Gasteiger partial charge in [-0.25, -0.2) is 5.06 Å². The fourth-order valence-corrected chi connectivity index (χ4v) is 2.74. The Balaban J connectivity index is 1.54. The van der Waals surface area contributed by atoms with Crippen molar-refractivity contribution >= 4 is 11.8 Å². The van der Waals surface area contributed by atoms with Gasteiger partial charge in [-0.2, -0.15) is 0 Å². The summed E-state index contributed by atoms with van der Waals surface area (Å²) in [6, 6.07) is 9.26. The van der Waals surface area contributed by atoms with Crippen LogP contribution in [-0.4, -0.2) is 35.0 Å².